The Hall–Kier alpha value is -3.36. The highest BCUT2D eigenvalue weighted by Gasteiger charge is 2.01. The van der Waals surface area contributed by atoms with Gasteiger partial charge in [-0.2, -0.15) is 10.5 Å². The van der Waals surface area contributed by atoms with E-state index in [9.17, 15) is 0 Å². The molecule has 0 radical (unpaired) electrons. The summed E-state index contributed by atoms with van der Waals surface area (Å²) in [6.07, 6.45) is 1.71. The zero-order valence-corrected chi connectivity index (χ0v) is 13.2. The largest absolute Gasteiger partial charge is 0.192 e. The maximum Gasteiger partial charge on any atom is 0.0991 e. The Morgan fingerprint density at radius 3 is 1.33 bits per heavy atom. The number of rotatable bonds is 4. The molecule has 0 amide bonds. The van der Waals surface area contributed by atoms with Gasteiger partial charge < -0.3 is 0 Å². The van der Waals surface area contributed by atoms with Gasteiger partial charge in [0.2, 0.25) is 0 Å². The molecule has 0 N–H and O–H groups in total. The van der Waals surface area contributed by atoms with Gasteiger partial charge in [-0.3, -0.25) is 0 Å². The van der Waals surface area contributed by atoms with E-state index < -0.39 is 0 Å². The fraction of sp³-hybridized carbons (Fsp3) is 0.0909. The summed E-state index contributed by atoms with van der Waals surface area (Å²) in [6, 6.07) is 28.3. The summed E-state index contributed by atoms with van der Waals surface area (Å²) in [5.41, 5.74) is 6.28. The topological polar surface area (TPSA) is 47.6 Å². The number of hydrogen-bond acceptors (Lipinski definition) is 2. The molecule has 114 valence electrons. The minimum Gasteiger partial charge on any atom is -0.192 e. The molecule has 0 heterocycles. The molecule has 0 aromatic heterocycles. The number of nitriles is 2. The monoisotopic (exact) mass is 308 g/mol. The lowest BCUT2D eigenvalue weighted by Crippen LogP contribution is -1.93. The van der Waals surface area contributed by atoms with Crippen molar-refractivity contribution in [3.8, 4) is 12.1 Å². The number of benzene rings is 3. The minimum absolute atomic E-state index is 0.688. The zero-order chi connectivity index (χ0) is 16.8. The molecule has 2 heteroatoms. The van der Waals surface area contributed by atoms with E-state index in [4.69, 9.17) is 10.5 Å². The van der Waals surface area contributed by atoms with Crippen LogP contribution in [0.1, 0.15) is 33.4 Å². The van der Waals surface area contributed by atoms with E-state index in [1.165, 1.54) is 22.3 Å². The van der Waals surface area contributed by atoms with Gasteiger partial charge in [0, 0.05) is 0 Å². The van der Waals surface area contributed by atoms with Gasteiger partial charge in [0.05, 0.1) is 23.3 Å². The van der Waals surface area contributed by atoms with Crippen molar-refractivity contribution in [2.24, 2.45) is 0 Å². The lowest BCUT2D eigenvalue weighted by atomic mass is 9.98. The Kier molecular flexibility index (Phi) is 4.70. The van der Waals surface area contributed by atoms with Gasteiger partial charge in [-0.25, -0.2) is 0 Å². The molecule has 3 aromatic rings. The van der Waals surface area contributed by atoms with Gasteiger partial charge in [0.1, 0.15) is 0 Å². The maximum absolute atomic E-state index is 8.86. The van der Waals surface area contributed by atoms with Gasteiger partial charge in [-0.15, -0.1) is 0 Å². The highest BCUT2D eigenvalue weighted by atomic mass is 14.2. The standard InChI is InChI=1S/C22H16N2/c23-15-19-8-4-17(5-9-19)12-21-2-1-3-22(14-21)13-18-6-10-20(16-24)11-7-18/h1-11,14H,12-13H2. The smallest absolute Gasteiger partial charge is 0.0991 e. The van der Waals surface area contributed by atoms with Crippen LogP contribution in [0.3, 0.4) is 0 Å². The Bertz CT molecular complexity index is 833. The normalized spacial score (nSPS) is 9.92. The van der Waals surface area contributed by atoms with Crippen LogP contribution in [0.15, 0.2) is 72.8 Å². The second-order valence-electron chi connectivity index (χ2n) is 5.79. The van der Waals surface area contributed by atoms with E-state index in [0.29, 0.717) is 11.1 Å². The molecule has 0 aliphatic carbocycles. The summed E-state index contributed by atoms with van der Waals surface area (Å²) in [6.45, 7) is 0. The number of nitrogens with zero attached hydrogens (tertiary/aromatic N) is 2. The average Bonchev–Trinajstić information content (AvgIpc) is 2.63. The van der Waals surface area contributed by atoms with E-state index in [1.807, 2.05) is 48.5 Å². The second kappa shape index (κ2) is 7.27. The highest BCUT2D eigenvalue weighted by molar-refractivity contribution is 5.37. The third-order valence-corrected chi connectivity index (χ3v) is 3.97. The van der Waals surface area contributed by atoms with E-state index in [2.05, 4.69) is 36.4 Å². The molecule has 0 saturated heterocycles. The molecular formula is C22H16N2. The predicted molar refractivity (Wildman–Crippen MR) is 94.4 cm³/mol. The van der Waals surface area contributed by atoms with Crippen molar-refractivity contribution < 1.29 is 0 Å². The summed E-state index contributed by atoms with van der Waals surface area (Å²) < 4.78 is 0. The quantitative estimate of drug-likeness (QED) is 0.706. The van der Waals surface area contributed by atoms with Crippen LogP contribution in [0.4, 0.5) is 0 Å². The fourth-order valence-corrected chi connectivity index (χ4v) is 2.72. The van der Waals surface area contributed by atoms with E-state index >= 15 is 0 Å². The first kappa shape index (κ1) is 15.5. The Labute approximate surface area is 142 Å². The lowest BCUT2D eigenvalue weighted by molar-refractivity contribution is 1.14. The average molecular weight is 308 g/mol. The van der Waals surface area contributed by atoms with Gasteiger partial charge in [-0.1, -0.05) is 48.5 Å². The third kappa shape index (κ3) is 3.88. The third-order valence-electron chi connectivity index (χ3n) is 3.97. The van der Waals surface area contributed by atoms with Crippen molar-refractivity contribution in [3.63, 3.8) is 0 Å². The molecule has 0 fully saturated rings. The second-order valence-corrected chi connectivity index (χ2v) is 5.79. The number of hydrogen-bond donors (Lipinski definition) is 0. The molecule has 2 nitrogen and oxygen atoms in total. The van der Waals surface area contributed by atoms with Crippen LogP contribution in [0.5, 0.6) is 0 Å². The van der Waals surface area contributed by atoms with Crippen molar-refractivity contribution in [2.45, 2.75) is 12.8 Å². The summed E-state index contributed by atoms with van der Waals surface area (Å²) in [5, 5.41) is 17.7. The van der Waals surface area contributed by atoms with Crippen LogP contribution in [-0.4, -0.2) is 0 Å². The van der Waals surface area contributed by atoms with Crippen LogP contribution in [0.25, 0.3) is 0 Å². The first-order valence-corrected chi connectivity index (χ1v) is 7.83. The van der Waals surface area contributed by atoms with Crippen molar-refractivity contribution in [1.29, 1.82) is 10.5 Å². The lowest BCUT2D eigenvalue weighted by Gasteiger charge is -2.06. The van der Waals surface area contributed by atoms with Gasteiger partial charge in [-0.05, 0) is 59.4 Å². The molecule has 0 spiro atoms. The van der Waals surface area contributed by atoms with Crippen LogP contribution in [0.2, 0.25) is 0 Å². The van der Waals surface area contributed by atoms with Crippen molar-refractivity contribution >= 4 is 0 Å². The molecule has 3 rings (SSSR count). The van der Waals surface area contributed by atoms with Crippen LogP contribution < -0.4 is 0 Å². The first-order chi connectivity index (χ1) is 11.8. The van der Waals surface area contributed by atoms with Crippen molar-refractivity contribution in [3.05, 3.63) is 106 Å². The SMILES string of the molecule is N#Cc1ccc(Cc2cccc(Cc3ccc(C#N)cc3)c2)cc1. The predicted octanol–water partition coefficient (Wildman–Crippen LogP) is 4.61. The molecule has 24 heavy (non-hydrogen) atoms. The molecule has 0 saturated carbocycles. The maximum atomic E-state index is 8.86. The Morgan fingerprint density at radius 1 is 0.542 bits per heavy atom. The first-order valence-electron chi connectivity index (χ1n) is 7.83. The van der Waals surface area contributed by atoms with Crippen molar-refractivity contribution in [1.82, 2.24) is 0 Å². The van der Waals surface area contributed by atoms with E-state index in [1.54, 1.807) is 0 Å². The minimum atomic E-state index is 0.688. The Morgan fingerprint density at radius 2 is 0.958 bits per heavy atom. The van der Waals surface area contributed by atoms with Crippen LogP contribution in [-0.2, 0) is 12.8 Å². The van der Waals surface area contributed by atoms with Crippen molar-refractivity contribution in [2.75, 3.05) is 0 Å². The van der Waals surface area contributed by atoms with Crippen LogP contribution >= 0.6 is 0 Å². The Balaban J connectivity index is 1.73. The molecule has 0 bridgehead atoms. The molecule has 0 aliphatic rings. The summed E-state index contributed by atoms with van der Waals surface area (Å²) in [7, 11) is 0. The van der Waals surface area contributed by atoms with E-state index in [-0.39, 0.29) is 0 Å². The molecule has 0 unspecified atom stereocenters. The molecule has 0 aliphatic heterocycles. The molecule has 3 aromatic carbocycles. The summed E-state index contributed by atoms with van der Waals surface area (Å²) >= 11 is 0. The van der Waals surface area contributed by atoms with Gasteiger partial charge in [0.25, 0.3) is 0 Å². The van der Waals surface area contributed by atoms with E-state index in [0.717, 1.165) is 12.8 Å². The highest BCUT2D eigenvalue weighted by Crippen LogP contribution is 2.15. The molecule has 0 atom stereocenters. The molecular weight excluding hydrogens is 292 g/mol. The fourth-order valence-electron chi connectivity index (χ4n) is 2.72. The summed E-state index contributed by atoms with van der Waals surface area (Å²) in [4.78, 5) is 0. The van der Waals surface area contributed by atoms with Gasteiger partial charge in [0.15, 0.2) is 0 Å². The van der Waals surface area contributed by atoms with Gasteiger partial charge >= 0.3 is 0 Å². The summed E-state index contributed by atoms with van der Waals surface area (Å²) in [5.74, 6) is 0. The zero-order valence-electron chi connectivity index (χ0n) is 13.2. The van der Waals surface area contributed by atoms with Crippen LogP contribution in [0, 0.1) is 22.7 Å².